The zero-order valence-corrected chi connectivity index (χ0v) is 16.0. The minimum atomic E-state index is 0.0179. The highest BCUT2D eigenvalue weighted by molar-refractivity contribution is 6.35. The number of carbonyl (C=O) groups is 1. The normalized spacial score (nSPS) is 10.8. The molecule has 0 bridgehead atoms. The molecule has 0 unspecified atom stereocenters. The highest BCUT2D eigenvalue weighted by Crippen LogP contribution is 2.27. The number of halogens is 2. The number of hydrogen-bond donors (Lipinski definition) is 1. The predicted molar refractivity (Wildman–Crippen MR) is 104 cm³/mol. The van der Waals surface area contributed by atoms with Gasteiger partial charge in [0.25, 0.3) is 0 Å². The lowest BCUT2D eigenvalue weighted by molar-refractivity contribution is -0.121. The van der Waals surface area contributed by atoms with Crippen LogP contribution in [0.15, 0.2) is 42.5 Å². The minimum Gasteiger partial charge on any atom is -0.492 e. The van der Waals surface area contributed by atoms with Crippen LogP contribution >= 0.6 is 23.2 Å². The molecule has 0 fully saturated rings. The summed E-state index contributed by atoms with van der Waals surface area (Å²) in [6, 6.07) is 13.3. The number of benzene rings is 2. The summed E-state index contributed by atoms with van der Waals surface area (Å²) in [5.41, 5.74) is 2.43. The standard InChI is InChI=1S/C20H23Cl2NO2/c1-14(2)17-7-4-3-6-15(17)13-23-20(24)8-5-11-25-19-10-9-16(21)12-18(19)22/h3-4,6-7,9-10,12,14H,5,8,11,13H2,1-2H3,(H,23,24). The fourth-order valence-electron chi connectivity index (χ4n) is 2.55. The van der Waals surface area contributed by atoms with Crippen LogP contribution in [0.2, 0.25) is 10.0 Å². The first-order chi connectivity index (χ1) is 12.0. The average molecular weight is 380 g/mol. The van der Waals surface area contributed by atoms with Crippen LogP contribution in [0.4, 0.5) is 0 Å². The first-order valence-corrected chi connectivity index (χ1v) is 9.15. The molecule has 0 aliphatic rings. The van der Waals surface area contributed by atoms with Crippen molar-refractivity contribution in [2.24, 2.45) is 0 Å². The van der Waals surface area contributed by atoms with Gasteiger partial charge in [-0.25, -0.2) is 0 Å². The largest absolute Gasteiger partial charge is 0.492 e. The van der Waals surface area contributed by atoms with Crippen molar-refractivity contribution >= 4 is 29.1 Å². The van der Waals surface area contributed by atoms with E-state index in [4.69, 9.17) is 27.9 Å². The number of rotatable bonds is 8. The summed E-state index contributed by atoms with van der Waals surface area (Å²) < 4.78 is 5.58. The Balaban J connectivity index is 1.73. The summed E-state index contributed by atoms with van der Waals surface area (Å²) in [6.07, 6.45) is 1.03. The van der Waals surface area contributed by atoms with Crippen molar-refractivity contribution in [2.45, 2.75) is 39.2 Å². The van der Waals surface area contributed by atoms with Crippen molar-refractivity contribution in [2.75, 3.05) is 6.61 Å². The molecule has 1 amide bonds. The molecule has 1 N–H and O–H groups in total. The SMILES string of the molecule is CC(C)c1ccccc1CNC(=O)CCCOc1ccc(Cl)cc1Cl. The van der Waals surface area contributed by atoms with Crippen LogP contribution < -0.4 is 10.1 Å². The van der Waals surface area contributed by atoms with Gasteiger partial charge in [-0.1, -0.05) is 61.3 Å². The Kier molecular flexibility index (Phi) is 7.60. The fourth-order valence-corrected chi connectivity index (χ4v) is 3.01. The molecule has 2 aromatic carbocycles. The van der Waals surface area contributed by atoms with Crippen LogP contribution in [0.1, 0.15) is 43.7 Å². The molecular weight excluding hydrogens is 357 g/mol. The van der Waals surface area contributed by atoms with E-state index in [0.29, 0.717) is 47.7 Å². The second-order valence-electron chi connectivity index (χ2n) is 6.16. The van der Waals surface area contributed by atoms with E-state index < -0.39 is 0 Å². The van der Waals surface area contributed by atoms with E-state index in [-0.39, 0.29) is 5.91 Å². The van der Waals surface area contributed by atoms with Crippen LogP contribution in [0.25, 0.3) is 0 Å². The zero-order chi connectivity index (χ0) is 18.2. The van der Waals surface area contributed by atoms with Crippen molar-refractivity contribution in [3.8, 4) is 5.75 Å². The van der Waals surface area contributed by atoms with Crippen molar-refractivity contribution in [3.63, 3.8) is 0 Å². The molecule has 0 heterocycles. The zero-order valence-electron chi connectivity index (χ0n) is 14.5. The van der Waals surface area contributed by atoms with E-state index in [9.17, 15) is 4.79 Å². The van der Waals surface area contributed by atoms with Gasteiger partial charge in [-0.2, -0.15) is 0 Å². The topological polar surface area (TPSA) is 38.3 Å². The Morgan fingerprint density at radius 1 is 1.16 bits per heavy atom. The molecule has 0 radical (unpaired) electrons. The smallest absolute Gasteiger partial charge is 0.220 e. The second-order valence-corrected chi connectivity index (χ2v) is 7.00. The third-order valence-corrected chi connectivity index (χ3v) is 4.38. The molecule has 0 saturated heterocycles. The maximum Gasteiger partial charge on any atom is 0.220 e. The number of carbonyl (C=O) groups excluding carboxylic acids is 1. The quantitative estimate of drug-likeness (QED) is 0.606. The van der Waals surface area contributed by atoms with E-state index in [0.717, 1.165) is 5.56 Å². The molecule has 25 heavy (non-hydrogen) atoms. The molecule has 0 spiro atoms. The molecular formula is C20H23Cl2NO2. The summed E-state index contributed by atoms with van der Waals surface area (Å²) in [5, 5.41) is 4.02. The number of amides is 1. The van der Waals surface area contributed by atoms with Crippen LogP contribution in [-0.2, 0) is 11.3 Å². The van der Waals surface area contributed by atoms with Crippen LogP contribution in [0, 0.1) is 0 Å². The van der Waals surface area contributed by atoms with E-state index >= 15 is 0 Å². The summed E-state index contributed by atoms with van der Waals surface area (Å²) >= 11 is 11.9. The molecule has 0 aromatic heterocycles. The van der Waals surface area contributed by atoms with Crippen molar-refractivity contribution < 1.29 is 9.53 Å². The number of hydrogen-bond acceptors (Lipinski definition) is 2. The molecule has 0 aliphatic carbocycles. The average Bonchev–Trinajstić information content (AvgIpc) is 2.58. The lowest BCUT2D eigenvalue weighted by Gasteiger charge is -2.13. The maximum absolute atomic E-state index is 12.0. The van der Waals surface area contributed by atoms with Crippen molar-refractivity contribution in [3.05, 3.63) is 63.6 Å². The first-order valence-electron chi connectivity index (χ1n) is 8.39. The van der Waals surface area contributed by atoms with E-state index in [2.05, 4.69) is 31.3 Å². The minimum absolute atomic E-state index is 0.0179. The number of nitrogens with one attached hydrogen (secondary N) is 1. The molecule has 0 aliphatic heterocycles. The van der Waals surface area contributed by atoms with Gasteiger partial charge in [0.1, 0.15) is 5.75 Å². The van der Waals surface area contributed by atoms with Gasteiger partial charge < -0.3 is 10.1 Å². The molecule has 134 valence electrons. The molecule has 5 heteroatoms. The van der Waals surface area contributed by atoms with Gasteiger partial charge in [0.2, 0.25) is 5.91 Å². The summed E-state index contributed by atoms with van der Waals surface area (Å²) in [6.45, 7) is 5.29. The molecule has 0 saturated carbocycles. The van der Waals surface area contributed by atoms with Gasteiger partial charge in [-0.3, -0.25) is 4.79 Å². The van der Waals surface area contributed by atoms with E-state index in [1.165, 1.54) is 5.56 Å². The van der Waals surface area contributed by atoms with Gasteiger partial charge in [0.05, 0.1) is 11.6 Å². The molecule has 2 rings (SSSR count). The van der Waals surface area contributed by atoms with E-state index in [1.54, 1.807) is 18.2 Å². The van der Waals surface area contributed by atoms with Gasteiger partial charge in [-0.15, -0.1) is 0 Å². The number of ether oxygens (including phenoxy) is 1. The third kappa shape index (κ3) is 6.26. The molecule has 3 nitrogen and oxygen atoms in total. The van der Waals surface area contributed by atoms with Gasteiger partial charge >= 0.3 is 0 Å². The Morgan fingerprint density at radius 2 is 1.92 bits per heavy atom. The monoisotopic (exact) mass is 379 g/mol. The van der Waals surface area contributed by atoms with Gasteiger partial charge in [-0.05, 0) is 41.7 Å². The van der Waals surface area contributed by atoms with Crippen LogP contribution in [-0.4, -0.2) is 12.5 Å². The maximum atomic E-state index is 12.0. The lowest BCUT2D eigenvalue weighted by atomic mass is 9.97. The Labute approximate surface area is 159 Å². The summed E-state index contributed by atoms with van der Waals surface area (Å²) in [7, 11) is 0. The molecule has 2 aromatic rings. The van der Waals surface area contributed by atoms with Gasteiger partial charge in [0.15, 0.2) is 0 Å². The van der Waals surface area contributed by atoms with Gasteiger partial charge in [0, 0.05) is 18.0 Å². The van der Waals surface area contributed by atoms with Crippen molar-refractivity contribution in [1.82, 2.24) is 5.32 Å². The van der Waals surface area contributed by atoms with Crippen LogP contribution in [0.3, 0.4) is 0 Å². The highest BCUT2D eigenvalue weighted by Gasteiger charge is 2.08. The Bertz CT molecular complexity index is 717. The fraction of sp³-hybridized carbons (Fsp3) is 0.350. The summed E-state index contributed by atoms with van der Waals surface area (Å²) in [5.74, 6) is 1.03. The third-order valence-electron chi connectivity index (χ3n) is 3.85. The van der Waals surface area contributed by atoms with E-state index in [1.807, 2.05) is 12.1 Å². The lowest BCUT2D eigenvalue weighted by Crippen LogP contribution is -2.23. The Morgan fingerprint density at radius 3 is 2.64 bits per heavy atom. The van der Waals surface area contributed by atoms with Crippen LogP contribution in [0.5, 0.6) is 5.75 Å². The predicted octanol–water partition coefficient (Wildman–Crippen LogP) is 5.59. The second kappa shape index (κ2) is 9.69. The van der Waals surface area contributed by atoms with Crippen molar-refractivity contribution in [1.29, 1.82) is 0 Å². The molecule has 0 atom stereocenters. The highest BCUT2D eigenvalue weighted by atomic mass is 35.5. The summed E-state index contributed by atoms with van der Waals surface area (Å²) in [4.78, 5) is 12.0. The Hall–Kier alpha value is -1.71. The first kappa shape index (κ1) is 19.6.